The molecule has 0 spiro atoms. The van der Waals surface area contributed by atoms with E-state index in [9.17, 15) is 0 Å². The van der Waals surface area contributed by atoms with E-state index in [4.69, 9.17) is 21.1 Å². The molecule has 0 atom stereocenters. The number of hydrogen-bond donors (Lipinski definition) is 1. The maximum atomic E-state index is 6.31. The Morgan fingerprint density at radius 2 is 1.65 bits per heavy atom. The van der Waals surface area contributed by atoms with Crippen LogP contribution in [0, 0.1) is 0 Å². The highest BCUT2D eigenvalue weighted by Gasteiger charge is 2.11. The van der Waals surface area contributed by atoms with Crippen LogP contribution in [0.3, 0.4) is 0 Å². The van der Waals surface area contributed by atoms with E-state index < -0.39 is 0 Å². The Morgan fingerprint density at radius 1 is 1.00 bits per heavy atom. The fraction of sp³-hybridized carbons (Fsp3) is 0.714. The van der Waals surface area contributed by atoms with Crippen molar-refractivity contribution in [2.45, 2.75) is 59.4 Å². The lowest BCUT2D eigenvalue weighted by Gasteiger charge is -2.22. The highest BCUT2D eigenvalue weighted by Crippen LogP contribution is 2.36. The van der Waals surface area contributed by atoms with E-state index in [0.29, 0.717) is 23.1 Å². The second-order valence-corrected chi connectivity index (χ2v) is 7.03. The number of hydrogen-bond acceptors (Lipinski definition) is 4. The minimum atomic E-state index is 0.592. The van der Waals surface area contributed by atoms with E-state index in [1.165, 1.54) is 45.3 Å². The summed E-state index contributed by atoms with van der Waals surface area (Å²) in [7, 11) is 1.62. The first-order valence-corrected chi connectivity index (χ1v) is 10.5. The number of rotatable bonds is 15. The molecule has 0 fully saturated rings. The van der Waals surface area contributed by atoms with Crippen molar-refractivity contribution in [2.75, 3.05) is 39.9 Å². The van der Waals surface area contributed by atoms with Crippen LogP contribution >= 0.6 is 11.6 Å². The van der Waals surface area contributed by atoms with Crippen molar-refractivity contribution in [1.29, 1.82) is 0 Å². The molecule has 0 aliphatic carbocycles. The molecule has 4 nitrogen and oxygen atoms in total. The average molecular weight is 385 g/mol. The number of unbranched alkanes of at least 4 members (excludes halogenated alkanes) is 2. The molecule has 0 aliphatic rings. The molecule has 0 unspecified atom stereocenters. The molecule has 0 aromatic heterocycles. The molecule has 1 rings (SSSR count). The fourth-order valence-corrected chi connectivity index (χ4v) is 3.25. The molecule has 26 heavy (non-hydrogen) atoms. The molecule has 0 bridgehead atoms. The summed E-state index contributed by atoms with van der Waals surface area (Å²) in [5.74, 6) is 1.32. The van der Waals surface area contributed by atoms with Gasteiger partial charge in [0.05, 0.1) is 18.7 Å². The summed E-state index contributed by atoms with van der Waals surface area (Å²) in [5.41, 5.74) is 1.12. The predicted octanol–water partition coefficient (Wildman–Crippen LogP) is 5.13. The van der Waals surface area contributed by atoms with Gasteiger partial charge < -0.3 is 19.7 Å². The van der Waals surface area contributed by atoms with Crippen LogP contribution in [0.25, 0.3) is 0 Å². The van der Waals surface area contributed by atoms with E-state index in [0.717, 1.165) is 25.1 Å². The molecule has 0 saturated heterocycles. The number of nitrogens with one attached hydrogen (secondary N) is 1. The molecule has 0 saturated carbocycles. The van der Waals surface area contributed by atoms with Crippen molar-refractivity contribution in [3.8, 4) is 11.5 Å². The molecule has 1 aromatic carbocycles. The molecule has 0 amide bonds. The molecule has 0 radical (unpaired) electrons. The van der Waals surface area contributed by atoms with Crippen LogP contribution in [-0.4, -0.2) is 44.8 Å². The molecule has 1 aromatic rings. The van der Waals surface area contributed by atoms with Gasteiger partial charge in [0.15, 0.2) is 11.5 Å². The largest absolute Gasteiger partial charge is 0.491 e. The van der Waals surface area contributed by atoms with Crippen LogP contribution in [0.5, 0.6) is 11.5 Å². The Balaban J connectivity index is 2.42. The zero-order valence-electron chi connectivity index (χ0n) is 17.1. The summed E-state index contributed by atoms with van der Waals surface area (Å²) in [6.07, 6.45) is 6.28. The van der Waals surface area contributed by atoms with Crippen molar-refractivity contribution < 1.29 is 9.47 Å². The molecule has 0 heterocycles. The van der Waals surface area contributed by atoms with E-state index in [1.54, 1.807) is 7.11 Å². The highest BCUT2D eigenvalue weighted by atomic mass is 35.5. The molecule has 1 N–H and O–H groups in total. The molecular weight excluding hydrogens is 348 g/mol. The predicted molar refractivity (Wildman–Crippen MR) is 112 cm³/mol. The monoisotopic (exact) mass is 384 g/mol. The third-order valence-corrected chi connectivity index (χ3v) is 4.67. The Hall–Kier alpha value is -0.970. The van der Waals surface area contributed by atoms with Gasteiger partial charge in [-0.3, -0.25) is 0 Å². The first-order valence-electron chi connectivity index (χ1n) is 10.1. The van der Waals surface area contributed by atoms with Crippen molar-refractivity contribution in [2.24, 2.45) is 0 Å². The zero-order chi connectivity index (χ0) is 19.2. The third kappa shape index (κ3) is 8.61. The van der Waals surface area contributed by atoms with E-state index >= 15 is 0 Å². The second-order valence-electron chi connectivity index (χ2n) is 6.62. The van der Waals surface area contributed by atoms with Gasteiger partial charge in [-0.2, -0.15) is 0 Å². The number of halogens is 1. The quantitative estimate of drug-likeness (QED) is 0.425. The van der Waals surface area contributed by atoms with Gasteiger partial charge in [0.1, 0.15) is 0 Å². The first-order chi connectivity index (χ1) is 12.7. The molecular formula is C21H37ClN2O2. The summed E-state index contributed by atoms with van der Waals surface area (Å²) < 4.78 is 11.0. The van der Waals surface area contributed by atoms with Gasteiger partial charge in [0.2, 0.25) is 0 Å². The summed E-state index contributed by atoms with van der Waals surface area (Å²) in [5, 5.41) is 4.12. The van der Waals surface area contributed by atoms with Crippen molar-refractivity contribution in [1.82, 2.24) is 10.2 Å². The van der Waals surface area contributed by atoms with Gasteiger partial charge in [-0.1, -0.05) is 38.3 Å². The normalized spacial score (nSPS) is 11.2. The lowest BCUT2D eigenvalue weighted by atomic mass is 10.2. The van der Waals surface area contributed by atoms with Crippen LogP contribution in [0.15, 0.2) is 12.1 Å². The molecule has 0 aliphatic heterocycles. The average Bonchev–Trinajstić information content (AvgIpc) is 2.63. The number of nitrogens with zero attached hydrogens (tertiary/aromatic N) is 1. The maximum Gasteiger partial charge on any atom is 0.179 e. The van der Waals surface area contributed by atoms with E-state index in [2.05, 4.69) is 24.1 Å². The lowest BCUT2D eigenvalue weighted by molar-refractivity contribution is 0.261. The second kappa shape index (κ2) is 14.1. The molecule has 150 valence electrons. The fourth-order valence-electron chi connectivity index (χ4n) is 2.94. The first kappa shape index (κ1) is 23.1. The van der Waals surface area contributed by atoms with Crippen molar-refractivity contribution in [3.05, 3.63) is 22.7 Å². The number of benzene rings is 1. The lowest BCUT2D eigenvalue weighted by Crippen LogP contribution is -2.29. The molecule has 5 heteroatoms. The Kier molecular flexibility index (Phi) is 12.5. The summed E-state index contributed by atoms with van der Waals surface area (Å²) >= 11 is 6.31. The smallest absolute Gasteiger partial charge is 0.179 e. The number of ether oxygens (including phenoxy) is 2. The van der Waals surface area contributed by atoms with Crippen LogP contribution < -0.4 is 14.8 Å². The number of methoxy groups -OCH3 is 1. The van der Waals surface area contributed by atoms with E-state index in [-0.39, 0.29) is 0 Å². The Morgan fingerprint density at radius 3 is 2.23 bits per heavy atom. The van der Waals surface area contributed by atoms with Gasteiger partial charge >= 0.3 is 0 Å². The van der Waals surface area contributed by atoms with Gasteiger partial charge in [0.25, 0.3) is 0 Å². The van der Waals surface area contributed by atoms with Crippen molar-refractivity contribution >= 4 is 11.6 Å². The van der Waals surface area contributed by atoms with Crippen LogP contribution in [0.1, 0.15) is 58.4 Å². The zero-order valence-corrected chi connectivity index (χ0v) is 17.8. The standard InChI is InChI=1S/C21H37ClN2O2/c1-5-8-12-24(13-9-6-2)14-10-11-23-17-18-15-19(22)21(25-4)20(16-18)26-7-3/h15-16,23H,5-14,17H2,1-4H3. The third-order valence-electron chi connectivity index (χ3n) is 4.39. The maximum absolute atomic E-state index is 6.31. The summed E-state index contributed by atoms with van der Waals surface area (Å²) in [4.78, 5) is 2.60. The van der Waals surface area contributed by atoms with E-state index in [1.807, 2.05) is 19.1 Å². The van der Waals surface area contributed by atoms with Gasteiger partial charge in [-0.15, -0.1) is 0 Å². The minimum Gasteiger partial charge on any atom is -0.491 e. The minimum absolute atomic E-state index is 0.592. The summed E-state index contributed by atoms with van der Waals surface area (Å²) in [6.45, 7) is 12.5. The summed E-state index contributed by atoms with van der Waals surface area (Å²) in [6, 6.07) is 3.96. The van der Waals surface area contributed by atoms with Gasteiger partial charge in [0, 0.05) is 6.54 Å². The van der Waals surface area contributed by atoms with Gasteiger partial charge in [-0.25, -0.2) is 0 Å². The topological polar surface area (TPSA) is 33.7 Å². The van der Waals surface area contributed by atoms with Crippen LogP contribution in [0.2, 0.25) is 5.02 Å². The highest BCUT2D eigenvalue weighted by molar-refractivity contribution is 6.32. The SMILES string of the molecule is CCCCN(CCCC)CCCNCc1cc(Cl)c(OC)c(OCC)c1. The van der Waals surface area contributed by atoms with Crippen LogP contribution in [-0.2, 0) is 6.54 Å². The van der Waals surface area contributed by atoms with Crippen LogP contribution in [0.4, 0.5) is 0 Å². The Bertz CT molecular complexity index is 489. The van der Waals surface area contributed by atoms with Crippen molar-refractivity contribution in [3.63, 3.8) is 0 Å². The Labute approximate surface area is 165 Å². The van der Waals surface area contributed by atoms with Gasteiger partial charge in [-0.05, 0) is 70.1 Å².